The Balaban J connectivity index is 1.35. The number of nitrogens with zero attached hydrogens (tertiary/aromatic N) is 3. The zero-order valence-corrected chi connectivity index (χ0v) is 17.3. The number of rotatable bonds is 4. The molecule has 156 valence electrons. The van der Waals surface area contributed by atoms with Gasteiger partial charge in [-0.1, -0.05) is 30.3 Å². The van der Waals surface area contributed by atoms with E-state index < -0.39 is 0 Å². The van der Waals surface area contributed by atoms with Crippen LogP contribution in [0.25, 0.3) is 32.2 Å². The lowest BCUT2D eigenvalue weighted by atomic mass is 10.1. The molecule has 0 radical (unpaired) electrons. The summed E-state index contributed by atoms with van der Waals surface area (Å²) >= 11 is 1.55. The second-order valence-corrected chi connectivity index (χ2v) is 7.99. The maximum absolute atomic E-state index is 12.5. The molecule has 0 atom stereocenters. The normalized spacial score (nSPS) is 12.8. The summed E-state index contributed by atoms with van der Waals surface area (Å²) in [6, 6.07) is 15.4. The van der Waals surface area contributed by atoms with E-state index in [-0.39, 0.29) is 12.4 Å². The Labute approximate surface area is 185 Å². The number of fused-ring (bicyclic) bond motifs is 3. The lowest BCUT2D eigenvalue weighted by molar-refractivity contribution is 0.174. The molecule has 8 nitrogen and oxygen atoms in total. The number of aromatic nitrogens is 3. The molecule has 4 heterocycles. The van der Waals surface area contributed by atoms with Crippen LogP contribution in [0.1, 0.15) is 5.56 Å². The Morgan fingerprint density at radius 2 is 1.94 bits per heavy atom. The third kappa shape index (κ3) is 3.15. The van der Waals surface area contributed by atoms with Gasteiger partial charge in [-0.05, 0) is 17.7 Å². The van der Waals surface area contributed by atoms with Gasteiger partial charge in [-0.15, -0.1) is 11.3 Å². The smallest absolute Gasteiger partial charge is 0.257 e. The number of anilines is 1. The van der Waals surface area contributed by atoms with Crippen LogP contribution in [0.5, 0.6) is 11.5 Å². The van der Waals surface area contributed by atoms with Crippen molar-refractivity contribution in [1.29, 1.82) is 0 Å². The van der Waals surface area contributed by atoms with Crippen LogP contribution in [0.2, 0.25) is 0 Å². The van der Waals surface area contributed by atoms with Gasteiger partial charge in [0, 0.05) is 22.4 Å². The van der Waals surface area contributed by atoms with E-state index in [0.717, 1.165) is 26.7 Å². The van der Waals surface area contributed by atoms with E-state index >= 15 is 0 Å². The Morgan fingerprint density at radius 1 is 1.09 bits per heavy atom. The fraction of sp³-hybridized carbons (Fsp3) is 0.0435. The number of aromatic amines is 1. The summed E-state index contributed by atoms with van der Waals surface area (Å²) in [7, 11) is 0. The maximum Gasteiger partial charge on any atom is 0.257 e. The highest BCUT2D eigenvalue weighted by Crippen LogP contribution is 2.37. The van der Waals surface area contributed by atoms with Crippen molar-refractivity contribution < 1.29 is 9.47 Å². The van der Waals surface area contributed by atoms with Gasteiger partial charge in [-0.2, -0.15) is 5.10 Å². The van der Waals surface area contributed by atoms with Gasteiger partial charge in [0.25, 0.3) is 5.56 Å². The van der Waals surface area contributed by atoms with Crippen LogP contribution in [0.15, 0.2) is 70.1 Å². The Bertz CT molecular complexity index is 1560. The number of hydrogen-bond acceptors (Lipinski definition) is 8. The van der Waals surface area contributed by atoms with E-state index in [1.54, 1.807) is 23.5 Å². The number of pyridine rings is 1. The molecule has 2 N–H and O–H groups in total. The molecule has 0 spiro atoms. The van der Waals surface area contributed by atoms with E-state index in [4.69, 9.17) is 9.47 Å². The monoisotopic (exact) mass is 441 g/mol. The van der Waals surface area contributed by atoms with Crippen LogP contribution in [0, 0.1) is 0 Å². The maximum atomic E-state index is 12.5. The first-order chi connectivity index (χ1) is 15.8. The van der Waals surface area contributed by atoms with Crippen molar-refractivity contribution in [3.63, 3.8) is 0 Å². The van der Waals surface area contributed by atoms with Crippen LogP contribution in [-0.2, 0) is 0 Å². The highest BCUT2D eigenvalue weighted by atomic mass is 32.1. The second-order valence-electron chi connectivity index (χ2n) is 7.13. The van der Waals surface area contributed by atoms with Gasteiger partial charge in [-0.25, -0.2) is 9.97 Å². The summed E-state index contributed by atoms with van der Waals surface area (Å²) in [6.07, 6.45) is 2.97. The molecule has 32 heavy (non-hydrogen) atoms. The molecule has 0 amide bonds. The van der Waals surface area contributed by atoms with Gasteiger partial charge in [0.2, 0.25) is 6.79 Å². The molecule has 6 rings (SSSR count). The van der Waals surface area contributed by atoms with E-state index in [2.05, 4.69) is 30.9 Å². The fourth-order valence-corrected chi connectivity index (χ4v) is 4.58. The number of thiophene rings is 1. The minimum absolute atomic E-state index is 0.176. The lowest BCUT2D eigenvalue weighted by Gasteiger charge is -2.05. The zero-order chi connectivity index (χ0) is 21.5. The Morgan fingerprint density at radius 3 is 2.81 bits per heavy atom. The predicted molar refractivity (Wildman–Crippen MR) is 125 cm³/mol. The second kappa shape index (κ2) is 7.47. The van der Waals surface area contributed by atoms with Gasteiger partial charge in [0.15, 0.2) is 17.3 Å². The molecule has 5 aromatic rings. The number of nitrogens with one attached hydrogen (secondary N) is 2. The third-order valence-electron chi connectivity index (χ3n) is 5.20. The van der Waals surface area contributed by atoms with Crippen molar-refractivity contribution in [2.24, 2.45) is 5.10 Å². The lowest BCUT2D eigenvalue weighted by Crippen LogP contribution is -2.12. The number of hydrazone groups is 1. The molecule has 9 heteroatoms. The highest BCUT2D eigenvalue weighted by molar-refractivity contribution is 7.17. The van der Waals surface area contributed by atoms with Gasteiger partial charge in [-0.3, -0.25) is 10.2 Å². The van der Waals surface area contributed by atoms with Gasteiger partial charge in [0.1, 0.15) is 11.2 Å². The fourth-order valence-electron chi connectivity index (χ4n) is 3.66. The van der Waals surface area contributed by atoms with Gasteiger partial charge in [0.05, 0.1) is 22.7 Å². The van der Waals surface area contributed by atoms with Crippen LogP contribution >= 0.6 is 11.3 Å². The van der Waals surface area contributed by atoms with Crippen molar-refractivity contribution >= 4 is 44.5 Å². The average molecular weight is 441 g/mol. The molecule has 0 fully saturated rings. The first-order valence-corrected chi connectivity index (χ1v) is 10.7. The van der Waals surface area contributed by atoms with Crippen molar-refractivity contribution in [2.45, 2.75) is 0 Å². The number of benzene rings is 2. The van der Waals surface area contributed by atoms with E-state index in [1.165, 1.54) is 12.5 Å². The van der Waals surface area contributed by atoms with Crippen LogP contribution < -0.4 is 20.5 Å². The molecule has 1 aliphatic heterocycles. The number of H-pyrrole nitrogens is 1. The van der Waals surface area contributed by atoms with Crippen LogP contribution in [0.3, 0.4) is 0 Å². The zero-order valence-electron chi connectivity index (χ0n) is 16.5. The number of ether oxygens (including phenoxy) is 2. The quantitative estimate of drug-likeness (QED) is 0.317. The summed E-state index contributed by atoms with van der Waals surface area (Å²) in [6.45, 7) is 0.176. The summed E-state index contributed by atoms with van der Waals surface area (Å²) in [4.78, 5) is 25.0. The van der Waals surface area contributed by atoms with Crippen molar-refractivity contribution in [3.05, 3.63) is 76.2 Å². The molecule has 0 unspecified atom stereocenters. The molecule has 0 saturated carbocycles. The minimum Gasteiger partial charge on any atom is -0.454 e. The van der Waals surface area contributed by atoms with Crippen molar-refractivity contribution in [1.82, 2.24) is 15.0 Å². The molecule has 0 bridgehead atoms. The standard InChI is InChI=1S/C23H15N5O3S/c29-22-15(6-14-7-18-19(31-12-30-18)8-17(14)27-22)9-26-28-21-20-16(13-4-2-1-3-5-13)10-32-23(20)25-11-24-21/h1-11H,12H2,(H,27,29)(H,24,25,28). The molecule has 3 aromatic heterocycles. The van der Waals surface area contributed by atoms with Crippen molar-refractivity contribution in [3.8, 4) is 22.6 Å². The first kappa shape index (κ1) is 18.5. The third-order valence-corrected chi connectivity index (χ3v) is 6.08. The van der Waals surface area contributed by atoms with E-state index in [0.29, 0.717) is 28.4 Å². The van der Waals surface area contributed by atoms with Gasteiger partial charge < -0.3 is 14.5 Å². The summed E-state index contributed by atoms with van der Waals surface area (Å²) in [5, 5.41) is 8.05. The molecular weight excluding hydrogens is 426 g/mol. The summed E-state index contributed by atoms with van der Waals surface area (Å²) < 4.78 is 10.8. The molecular formula is C23H15N5O3S. The largest absolute Gasteiger partial charge is 0.454 e. The van der Waals surface area contributed by atoms with Crippen LogP contribution in [0.4, 0.5) is 5.82 Å². The van der Waals surface area contributed by atoms with E-state index in [9.17, 15) is 4.79 Å². The minimum atomic E-state index is -0.254. The Kier molecular flexibility index (Phi) is 4.32. The molecule has 0 aliphatic carbocycles. The van der Waals surface area contributed by atoms with Gasteiger partial charge >= 0.3 is 0 Å². The highest BCUT2D eigenvalue weighted by Gasteiger charge is 2.15. The first-order valence-electron chi connectivity index (χ1n) is 9.80. The van der Waals surface area contributed by atoms with Crippen molar-refractivity contribution in [2.75, 3.05) is 12.2 Å². The van der Waals surface area contributed by atoms with E-state index in [1.807, 2.05) is 36.4 Å². The average Bonchev–Trinajstić information content (AvgIpc) is 3.45. The molecule has 2 aromatic carbocycles. The van der Waals surface area contributed by atoms with Crippen LogP contribution in [-0.4, -0.2) is 28.0 Å². The SMILES string of the molecule is O=c1[nH]c2cc3c(cc2cc1C=NNc1ncnc2scc(-c4ccccc4)c12)OCO3. The predicted octanol–water partition coefficient (Wildman–Crippen LogP) is 4.37. The summed E-state index contributed by atoms with van der Waals surface area (Å²) in [5.74, 6) is 1.85. The Hall–Kier alpha value is -4.24. The number of hydrogen-bond donors (Lipinski definition) is 2. The molecule has 1 aliphatic rings. The topological polar surface area (TPSA) is 101 Å². The molecule has 0 saturated heterocycles. The summed E-state index contributed by atoms with van der Waals surface area (Å²) in [5.41, 5.74) is 5.91.